The van der Waals surface area contributed by atoms with Crippen molar-refractivity contribution in [3.05, 3.63) is 28.7 Å². The third-order valence-corrected chi connectivity index (χ3v) is 6.61. The summed E-state index contributed by atoms with van der Waals surface area (Å²) < 4.78 is 27.9. The summed E-state index contributed by atoms with van der Waals surface area (Å²) in [4.78, 5) is 0.289. The van der Waals surface area contributed by atoms with E-state index in [0.717, 1.165) is 22.6 Å². The summed E-state index contributed by atoms with van der Waals surface area (Å²) in [7, 11) is -3.45. The van der Waals surface area contributed by atoms with Gasteiger partial charge in [-0.05, 0) is 36.5 Å². The predicted molar refractivity (Wildman–Crippen MR) is 86.1 cm³/mol. The molecular weight excluding hydrogens is 394 g/mol. The summed E-state index contributed by atoms with van der Waals surface area (Å²) in [5.41, 5.74) is -0.0287. The van der Waals surface area contributed by atoms with Crippen LogP contribution in [0.3, 0.4) is 0 Å². The maximum absolute atomic E-state index is 12.2. The highest BCUT2D eigenvalue weighted by atomic mass is 79.9. The normalized spacial score (nSPS) is 12.6. The Balaban J connectivity index is 2.87. The van der Waals surface area contributed by atoms with Gasteiger partial charge in [0, 0.05) is 16.3 Å². The summed E-state index contributed by atoms with van der Waals surface area (Å²) >= 11 is 6.77. The molecule has 1 rings (SSSR count). The minimum atomic E-state index is -3.45. The first-order valence-electron chi connectivity index (χ1n) is 6.20. The summed E-state index contributed by atoms with van der Waals surface area (Å²) in [5, 5.41) is 0.786. The molecule has 0 radical (unpaired) electrons. The van der Waals surface area contributed by atoms with Gasteiger partial charge in [0.2, 0.25) is 10.0 Å². The topological polar surface area (TPSA) is 46.2 Å². The van der Waals surface area contributed by atoms with Gasteiger partial charge in [0.05, 0.1) is 4.90 Å². The number of benzene rings is 1. The van der Waals surface area contributed by atoms with E-state index in [2.05, 4.69) is 50.4 Å². The van der Waals surface area contributed by atoms with Gasteiger partial charge in [-0.1, -0.05) is 51.8 Å². The number of hydrogen-bond acceptors (Lipinski definition) is 2. The minimum absolute atomic E-state index is 0.0287. The lowest BCUT2D eigenvalue weighted by Gasteiger charge is -2.29. The predicted octanol–water partition coefficient (Wildman–Crippen LogP) is 3.93. The van der Waals surface area contributed by atoms with Crippen molar-refractivity contribution in [2.75, 3.05) is 11.9 Å². The van der Waals surface area contributed by atoms with Gasteiger partial charge < -0.3 is 0 Å². The average molecular weight is 413 g/mol. The maximum Gasteiger partial charge on any atom is 0.240 e. The van der Waals surface area contributed by atoms with Crippen LogP contribution in [0.2, 0.25) is 0 Å². The van der Waals surface area contributed by atoms with E-state index in [9.17, 15) is 8.42 Å². The molecular formula is C13H19Br2NO2S. The van der Waals surface area contributed by atoms with E-state index in [-0.39, 0.29) is 10.3 Å². The number of alkyl halides is 1. The molecule has 0 atom stereocenters. The Morgan fingerprint density at radius 3 is 2.37 bits per heavy atom. The molecule has 0 amide bonds. The fraction of sp³-hybridized carbons (Fsp3) is 0.538. The molecule has 0 spiro atoms. The van der Waals surface area contributed by atoms with Crippen molar-refractivity contribution in [3.8, 4) is 0 Å². The van der Waals surface area contributed by atoms with E-state index in [1.807, 2.05) is 0 Å². The van der Waals surface area contributed by atoms with Crippen LogP contribution in [0, 0.1) is 5.41 Å². The van der Waals surface area contributed by atoms with E-state index in [0.29, 0.717) is 6.54 Å². The zero-order chi connectivity index (χ0) is 14.5. The molecule has 19 heavy (non-hydrogen) atoms. The molecule has 6 heteroatoms. The van der Waals surface area contributed by atoms with Gasteiger partial charge in [-0.25, -0.2) is 13.1 Å². The van der Waals surface area contributed by atoms with Crippen LogP contribution in [0.25, 0.3) is 0 Å². The molecule has 1 N–H and O–H groups in total. The monoisotopic (exact) mass is 411 g/mol. The molecule has 0 bridgehead atoms. The molecule has 108 valence electrons. The number of halogens is 2. The first-order chi connectivity index (χ1) is 8.89. The second-order valence-electron chi connectivity index (χ2n) is 4.62. The smallest absolute Gasteiger partial charge is 0.211 e. The number of rotatable bonds is 7. The summed E-state index contributed by atoms with van der Waals surface area (Å²) in [6.07, 6.45) is 1.85. The molecule has 0 heterocycles. The van der Waals surface area contributed by atoms with Gasteiger partial charge in [0.1, 0.15) is 0 Å². The number of nitrogens with one attached hydrogen (secondary N) is 1. The van der Waals surface area contributed by atoms with Gasteiger partial charge in [-0.3, -0.25) is 0 Å². The molecule has 0 aliphatic heterocycles. The molecule has 0 fully saturated rings. The molecule has 0 aromatic heterocycles. The third-order valence-electron chi connectivity index (χ3n) is 3.53. The van der Waals surface area contributed by atoms with Crippen molar-refractivity contribution in [1.29, 1.82) is 0 Å². The van der Waals surface area contributed by atoms with Gasteiger partial charge in [-0.15, -0.1) is 0 Å². The first-order valence-corrected chi connectivity index (χ1v) is 9.60. The highest BCUT2D eigenvalue weighted by Gasteiger charge is 2.27. The molecule has 3 nitrogen and oxygen atoms in total. The van der Waals surface area contributed by atoms with Crippen LogP contribution in [0.4, 0.5) is 0 Å². The lowest BCUT2D eigenvalue weighted by molar-refractivity contribution is 0.309. The van der Waals surface area contributed by atoms with Crippen LogP contribution in [0.5, 0.6) is 0 Å². The van der Waals surface area contributed by atoms with Gasteiger partial charge in [0.25, 0.3) is 0 Å². The minimum Gasteiger partial charge on any atom is -0.211 e. The number of hydrogen-bond donors (Lipinski definition) is 1. The number of sulfonamides is 1. The van der Waals surface area contributed by atoms with Crippen molar-refractivity contribution in [1.82, 2.24) is 4.72 Å². The van der Waals surface area contributed by atoms with E-state index < -0.39 is 10.0 Å². The Morgan fingerprint density at radius 2 is 1.89 bits per heavy atom. The zero-order valence-electron chi connectivity index (χ0n) is 11.1. The van der Waals surface area contributed by atoms with Crippen LogP contribution in [0.1, 0.15) is 26.7 Å². The summed E-state index contributed by atoms with van der Waals surface area (Å²) in [6, 6.07) is 6.73. The zero-order valence-corrected chi connectivity index (χ0v) is 15.1. The Labute approximate surface area is 132 Å². The van der Waals surface area contributed by atoms with E-state index in [1.165, 1.54) is 0 Å². The van der Waals surface area contributed by atoms with Crippen LogP contribution in [0.15, 0.2) is 33.6 Å². The summed E-state index contributed by atoms with van der Waals surface area (Å²) in [6.45, 7) is 4.61. The van der Waals surface area contributed by atoms with Crippen LogP contribution in [-0.2, 0) is 10.0 Å². The van der Waals surface area contributed by atoms with Crippen LogP contribution >= 0.6 is 31.9 Å². The van der Waals surface area contributed by atoms with Crippen molar-refractivity contribution in [3.63, 3.8) is 0 Å². The van der Waals surface area contributed by atoms with Gasteiger partial charge in [-0.2, -0.15) is 0 Å². The molecule has 0 saturated heterocycles. The molecule has 1 aromatic rings. The maximum atomic E-state index is 12.2. The summed E-state index contributed by atoms with van der Waals surface area (Å²) in [5.74, 6) is 0. The standard InChI is InChI=1S/C13H19Br2NO2S/c1-3-13(4-2,9-14)10-16-19(17,18)12-7-5-6-11(15)8-12/h5-8,16H,3-4,9-10H2,1-2H3. The van der Waals surface area contributed by atoms with Crippen LogP contribution < -0.4 is 4.72 Å². The molecule has 0 aliphatic carbocycles. The Kier molecular flexibility index (Phi) is 6.50. The van der Waals surface area contributed by atoms with Gasteiger partial charge >= 0.3 is 0 Å². The van der Waals surface area contributed by atoms with Crippen molar-refractivity contribution in [2.45, 2.75) is 31.6 Å². The van der Waals surface area contributed by atoms with E-state index >= 15 is 0 Å². The fourth-order valence-electron chi connectivity index (χ4n) is 1.70. The largest absolute Gasteiger partial charge is 0.240 e. The fourth-order valence-corrected chi connectivity index (χ4v) is 4.45. The molecule has 0 saturated carbocycles. The first kappa shape index (κ1) is 17.1. The van der Waals surface area contributed by atoms with Crippen molar-refractivity contribution >= 4 is 41.9 Å². The second-order valence-corrected chi connectivity index (χ2v) is 7.87. The second kappa shape index (κ2) is 7.20. The average Bonchev–Trinajstić information content (AvgIpc) is 2.41. The van der Waals surface area contributed by atoms with Crippen LogP contribution in [-0.4, -0.2) is 20.3 Å². The quantitative estimate of drug-likeness (QED) is 0.689. The van der Waals surface area contributed by atoms with E-state index in [1.54, 1.807) is 24.3 Å². The lowest BCUT2D eigenvalue weighted by Crippen LogP contribution is -2.38. The van der Waals surface area contributed by atoms with Crippen molar-refractivity contribution < 1.29 is 8.42 Å². The molecule has 1 aromatic carbocycles. The van der Waals surface area contributed by atoms with E-state index in [4.69, 9.17) is 0 Å². The Hall–Kier alpha value is 0.0900. The Morgan fingerprint density at radius 1 is 1.26 bits per heavy atom. The molecule has 0 unspecified atom stereocenters. The molecule has 0 aliphatic rings. The SMILES string of the molecule is CCC(CC)(CBr)CNS(=O)(=O)c1cccc(Br)c1. The highest BCUT2D eigenvalue weighted by Crippen LogP contribution is 2.28. The highest BCUT2D eigenvalue weighted by molar-refractivity contribution is 9.10. The van der Waals surface area contributed by atoms with Gasteiger partial charge in [0.15, 0.2) is 0 Å². The lowest BCUT2D eigenvalue weighted by atomic mass is 9.85. The van der Waals surface area contributed by atoms with Crippen molar-refractivity contribution in [2.24, 2.45) is 5.41 Å². The Bertz CT molecular complexity index is 505. The third kappa shape index (κ3) is 4.55.